The monoisotopic (exact) mass is 217 g/mol. The van der Waals surface area contributed by atoms with E-state index in [2.05, 4.69) is 25.8 Å². The highest BCUT2D eigenvalue weighted by Crippen LogP contribution is 2.11. The molecule has 0 heterocycles. The van der Waals surface area contributed by atoms with Crippen LogP contribution in [0.2, 0.25) is 0 Å². The van der Waals surface area contributed by atoms with Gasteiger partial charge in [-0.2, -0.15) is 0 Å². The molecule has 0 amide bonds. The molecule has 3 nitrogen and oxygen atoms in total. The molecule has 0 saturated heterocycles. The third-order valence-electron chi connectivity index (χ3n) is 2.81. The summed E-state index contributed by atoms with van der Waals surface area (Å²) in [6.45, 7) is 8.65. The van der Waals surface area contributed by atoms with E-state index >= 15 is 0 Å². The molecule has 0 bridgehead atoms. The van der Waals surface area contributed by atoms with Gasteiger partial charge in [0.2, 0.25) is 0 Å². The molecular formula is C12H27NO2. The van der Waals surface area contributed by atoms with Crippen molar-refractivity contribution >= 4 is 0 Å². The molecule has 0 radical (unpaired) electrons. The minimum Gasteiger partial charge on any atom is -0.391 e. The summed E-state index contributed by atoms with van der Waals surface area (Å²) in [5.41, 5.74) is 0. The lowest BCUT2D eigenvalue weighted by molar-refractivity contribution is 0.0357. The summed E-state index contributed by atoms with van der Waals surface area (Å²) in [5, 5.41) is 9.95. The molecule has 15 heavy (non-hydrogen) atoms. The van der Waals surface area contributed by atoms with Crippen LogP contribution >= 0.6 is 0 Å². The number of hydrogen-bond donors (Lipinski definition) is 1. The van der Waals surface area contributed by atoms with Gasteiger partial charge in [-0.05, 0) is 26.8 Å². The zero-order valence-corrected chi connectivity index (χ0v) is 10.7. The number of aliphatic hydroxyl groups excluding tert-OH is 1. The standard InChI is InChI=1S/C12H27NO2/c1-5-8-12(14)11(6-2)13(4)9-10-15-7-3/h11-12,14H,5-10H2,1-4H3. The molecule has 0 aromatic heterocycles. The number of aliphatic hydroxyl groups is 1. The van der Waals surface area contributed by atoms with Crippen LogP contribution in [0.5, 0.6) is 0 Å². The molecule has 0 aliphatic heterocycles. The third kappa shape index (κ3) is 6.13. The summed E-state index contributed by atoms with van der Waals surface area (Å²) in [7, 11) is 2.06. The van der Waals surface area contributed by atoms with Crippen LogP contribution in [-0.4, -0.2) is 49.0 Å². The van der Waals surface area contributed by atoms with Crippen LogP contribution in [0.3, 0.4) is 0 Å². The Morgan fingerprint density at radius 3 is 2.40 bits per heavy atom. The first-order valence-electron chi connectivity index (χ1n) is 6.13. The molecule has 0 spiro atoms. The van der Waals surface area contributed by atoms with Crippen LogP contribution in [0.1, 0.15) is 40.0 Å². The molecule has 0 saturated carbocycles. The predicted molar refractivity (Wildman–Crippen MR) is 64.1 cm³/mol. The van der Waals surface area contributed by atoms with E-state index in [1.165, 1.54) is 0 Å². The van der Waals surface area contributed by atoms with Crippen molar-refractivity contribution in [1.29, 1.82) is 0 Å². The minimum atomic E-state index is -0.202. The first-order valence-corrected chi connectivity index (χ1v) is 6.13. The molecule has 2 atom stereocenters. The van der Waals surface area contributed by atoms with E-state index in [4.69, 9.17) is 4.74 Å². The zero-order valence-electron chi connectivity index (χ0n) is 10.7. The quantitative estimate of drug-likeness (QED) is 0.599. The van der Waals surface area contributed by atoms with E-state index in [1.54, 1.807) is 0 Å². The lowest BCUT2D eigenvalue weighted by Gasteiger charge is -2.31. The summed E-state index contributed by atoms with van der Waals surface area (Å²) >= 11 is 0. The largest absolute Gasteiger partial charge is 0.391 e. The Morgan fingerprint density at radius 2 is 1.93 bits per heavy atom. The number of nitrogens with zero attached hydrogens (tertiary/aromatic N) is 1. The maximum absolute atomic E-state index is 9.95. The number of rotatable bonds is 9. The van der Waals surface area contributed by atoms with Gasteiger partial charge in [-0.25, -0.2) is 0 Å². The van der Waals surface area contributed by atoms with E-state index < -0.39 is 0 Å². The fourth-order valence-corrected chi connectivity index (χ4v) is 1.88. The SMILES string of the molecule is CCCC(O)C(CC)N(C)CCOCC. The van der Waals surface area contributed by atoms with Gasteiger partial charge in [0.05, 0.1) is 12.7 Å². The average Bonchev–Trinajstić information content (AvgIpc) is 2.19. The second kappa shape index (κ2) is 9.13. The molecule has 0 aromatic carbocycles. The lowest BCUT2D eigenvalue weighted by Crippen LogP contribution is -2.42. The first kappa shape index (κ1) is 14.9. The average molecular weight is 217 g/mol. The molecule has 2 unspecified atom stereocenters. The Balaban J connectivity index is 3.91. The number of ether oxygens (including phenoxy) is 1. The molecule has 3 heteroatoms. The van der Waals surface area contributed by atoms with Crippen LogP contribution in [0.4, 0.5) is 0 Å². The van der Waals surface area contributed by atoms with Crippen LogP contribution in [-0.2, 0) is 4.74 Å². The second-order valence-electron chi connectivity index (χ2n) is 4.01. The van der Waals surface area contributed by atoms with Crippen LogP contribution in [0.15, 0.2) is 0 Å². The van der Waals surface area contributed by atoms with E-state index in [9.17, 15) is 5.11 Å². The minimum absolute atomic E-state index is 0.202. The van der Waals surface area contributed by atoms with Crippen molar-refractivity contribution in [1.82, 2.24) is 4.90 Å². The molecule has 0 aromatic rings. The highest BCUT2D eigenvalue weighted by atomic mass is 16.5. The van der Waals surface area contributed by atoms with Gasteiger partial charge < -0.3 is 9.84 Å². The van der Waals surface area contributed by atoms with Crippen molar-refractivity contribution in [2.24, 2.45) is 0 Å². The van der Waals surface area contributed by atoms with Crippen molar-refractivity contribution in [2.75, 3.05) is 26.8 Å². The summed E-state index contributed by atoms with van der Waals surface area (Å²) in [6, 6.07) is 0.269. The van der Waals surface area contributed by atoms with E-state index in [0.717, 1.165) is 39.0 Å². The Bertz CT molecular complexity index is 142. The summed E-state index contributed by atoms with van der Waals surface area (Å²) in [5.74, 6) is 0. The molecular weight excluding hydrogens is 190 g/mol. The smallest absolute Gasteiger partial charge is 0.0695 e. The highest BCUT2D eigenvalue weighted by Gasteiger charge is 2.20. The number of hydrogen-bond acceptors (Lipinski definition) is 3. The van der Waals surface area contributed by atoms with Crippen LogP contribution in [0, 0.1) is 0 Å². The van der Waals surface area contributed by atoms with E-state index in [-0.39, 0.29) is 12.1 Å². The summed E-state index contributed by atoms with van der Waals surface area (Å²) < 4.78 is 5.32. The Hall–Kier alpha value is -0.120. The molecule has 92 valence electrons. The zero-order chi connectivity index (χ0) is 11.7. The van der Waals surface area contributed by atoms with Gasteiger partial charge in [0, 0.05) is 19.2 Å². The van der Waals surface area contributed by atoms with Gasteiger partial charge in [0.15, 0.2) is 0 Å². The topological polar surface area (TPSA) is 32.7 Å². The van der Waals surface area contributed by atoms with Gasteiger partial charge in [0.1, 0.15) is 0 Å². The van der Waals surface area contributed by atoms with Crippen molar-refractivity contribution in [3.8, 4) is 0 Å². The molecule has 0 rings (SSSR count). The van der Waals surface area contributed by atoms with Crippen LogP contribution < -0.4 is 0 Å². The number of likely N-dealkylation sites (N-methyl/N-ethyl adjacent to an activating group) is 1. The lowest BCUT2D eigenvalue weighted by atomic mass is 10.0. The van der Waals surface area contributed by atoms with E-state index in [0.29, 0.717) is 0 Å². The van der Waals surface area contributed by atoms with Gasteiger partial charge in [0.25, 0.3) is 0 Å². The molecule has 0 fully saturated rings. The highest BCUT2D eigenvalue weighted by molar-refractivity contribution is 4.75. The molecule has 1 N–H and O–H groups in total. The molecule has 0 aliphatic carbocycles. The van der Waals surface area contributed by atoms with Crippen molar-refractivity contribution < 1.29 is 9.84 Å². The normalized spacial score (nSPS) is 15.6. The van der Waals surface area contributed by atoms with Gasteiger partial charge in [-0.1, -0.05) is 20.3 Å². The third-order valence-corrected chi connectivity index (χ3v) is 2.81. The van der Waals surface area contributed by atoms with Gasteiger partial charge in [-0.15, -0.1) is 0 Å². The predicted octanol–water partition coefficient (Wildman–Crippen LogP) is 1.89. The van der Waals surface area contributed by atoms with Gasteiger partial charge in [-0.3, -0.25) is 4.90 Å². The van der Waals surface area contributed by atoms with Crippen molar-refractivity contribution in [3.63, 3.8) is 0 Å². The van der Waals surface area contributed by atoms with Crippen molar-refractivity contribution in [3.05, 3.63) is 0 Å². The Kier molecular flexibility index (Phi) is 9.06. The fraction of sp³-hybridized carbons (Fsp3) is 1.00. The van der Waals surface area contributed by atoms with Crippen molar-refractivity contribution in [2.45, 2.75) is 52.2 Å². The maximum Gasteiger partial charge on any atom is 0.0695 e. The Morgan fingerprint density at radius 1 is 1.27 bits per heavy atom. The molecule has 0 aliphatic rings. The maximum atomic E-state index is 9.95. The first-order chi connectivity index (χ1) is 7.17. The summed E-state index contributed by atoms with van der Waals surface area (Å²) in [4.78, 5) is 2.20. The van der Waals surface area contributed by atoms with Crippen LogP contribution in [0.25, 0.3) is 0 Å². The fourth-order valence-electron chi connectivity index (χ4n) is 1.88. The van der Waals surface area contributed by atoms with Gasteiger partial charge >= 0.3 is 0 Å². The van der Waals surface area contributed by atoms with E-state index in [1.807, 2.05) is 6.92 Å². The Labute approximate surface area is 94.4 Å². The summed E-state index contributed by atoms with van der Waals surface area (Å²) in [6.07, 6.45) is 2.71. The second-order valence-corrected chi connectivity index (χ2v) is 4.01.